The number of nitrogens with zero attached hydrogens (tertiary/aromatic N) is 2. The SMILES string of the molecule is Cn1ccnc1[C@@H](NC(=O)c1cc(F)cc(F)c1)c1ccccc1. The van der Waals surface area contributed by atoms with Gasteiger partial charge in [-0.05, 0) is 17.7 Å². The first-order valence-corrected chi connectivity index (χ1v) is 7.34. The van der Waals surface area contributed by atoms with Crippen LogP contribution in [0.15, 0.2) is 60.9 Å². The van der Waals surface area contributed by atoms with Crippen LogP contribution in [0.2, 0.25) is 0 Å². The van der Waals surface area contributed by atoms with Gasteiger partial charge in [-0.3, -0.25) is 4.79 Å². The average Bonchev–Trinajstić information content (AvgIpc) is 2.98. The highest BCUT2D eigenvalue weighted by Crippen LogP contribution is 2.21. The van der Waals surface area contributed by atoms with Crippen LogP contribution >= 0.6 is 0 Å². The number of rotatable bonds is 4. The second kappa shape index (κ2) is 6.62. The fourth-order valence-electron chi connectivity index (χ4n) is 2.50. The molecule has 0 bridgehead atoms. The summed E-state index contributed by atoms with van der Waals surface area (Å²) in [5, 5.41) is 2.79. The van der Waals surface area contributed by atoms with Gasteiger partial charge in [-0.15, -0.1) is 0 Å². The molecule has 1 N–H and O–H groups in total. The van der Waals surface area contributed by atoms with Gasteiger partial charge in [-0.25, -0.2) is 13.8 Å². The third-order valence-electron chi connectivity index (χ3n) is 3.65. The molecule has 4 nitrogen and oxygen atoms in total. The summed E-state index contributed by atoms with van der Waals surface area (Å²) >= 11 is 0. The largest absolute Gasteiger partial charge is 0.338 e. The Morgan fingerprint density at radius 2 is 1.79 bits per heavy atom. The van der Waals surface area contributed by atoms with Gasteiger partial charge in [-0.1, -0.05) is 30.3 Å². The van der Waals surface area contributed by atoms with Crippen molar-refractivity contribution >= 4 is 5.91 Å². The normalized spacial score (nSPS) is 12.0. The molecule has 6 heteroatoms. The molecule has 0 radical (unpaired) electrons. The van der Waals surface area contributed by atoms with Gasteiger partial charge >= 0.3 is 0 Å². The van der Waals surface area contributed by atoms with Gasteiger partial charge in [0.1, 0.15) is 23.5 Å². The van der Waals surface area contributed by atoms with Crippen LogP contribution in [0.3, 0.4) is 0 Å². The number of nitrogens with one attached hydrogen (secondary N) is 1. The average molecular weight is 327 g/mol. The number of benzene rings is 2. The summed E-state index contributed by atoms with van der Waals surface area (Å²) in [4.78, 5) is 16.7. The highest BCUT2D eigenvalue weighted by molar-refractivity contribution is 5.94. The lowest BCUT2D eigenvalue weighted by molar-refractivity contribution is 0.0940. The van der Waals surface area contributed by atoms with Crippen molar-refractivity contribution in [1.29, 1.82) is 0 Å². The molecule has 2 aromatic carbocycles. The summed E-state index contributed by atoms with van der Waals surface area (Å²) in [5.74, 6) is -1.56. The Hall–Kier alpha value is -3.02. The molecule has 0 saturated heterocycles. The van der Waals surface area contributed by atoms with Gasteiger partial charge in [0.15, 0.2) is 0 Å². The van der Waals surface area contributed by atoms with Crippen molar-refractivity contribution < 1.29 is 13.6 Å². The first kappa shape index (κ1) is 15.9. The minimum atomic E-state index is -0.798. The molecule has 0 aliphatic heterocycles. The minimum absolute atomic E-state index is 0.0809. The molecule has 0 saturated carbocycles. The van der Waals surface area contributed by atoms with Gasteiger partial charge < -0.3 is 9.88 Å². The van der Waals surface area contributed by atoms with Crippen LogP contribution in [0.1, 0.15) is 27.8 Å². The lowest BCUT2D eigenvalue weighted by Gasteiger charge is -2.19. The maximum atomic E-state index is 13.3. The molecule has 3 rings (SSSR count). The fraction of sp³-hybridized carbons (Fsp3) is 0.111. The molecule has 1 atom stereocenters. The third kappa shape index (κ3) is 3.32. The lowest BCUT2D eigenvalue weighted by atomic mass is 10.1. The maximum Gasteiger partial charge on any atom is 0.252 e. The van der Waals surface area contributed by atoms with Crippen molar-refractivity contribution in [2.24, 2.45) is 7.05 Å². The van der Waals surface area contributed by atoms with E-state index in [9.17, 15) is 13.6 Å². The van der Waals surface area contributed by atoms with E-state index in [1.54, 1.807) is 17.0 Å². The molecular formula is C18H15F2N3O. The summed E-state index contributed by atoms with van der Waals surface area (Å²) in [5.41, 5.74) is 0.736. The molecule has 122 valence electrons. The van der Waals surface area contributed by atoms with E-state index >= 15 is 0 Å². The van der Waals surface area contributed by atoms with E-state index in [0.717, 1.165) is 23.8 Å². The van der Waals surface area contributed by atoms with Gasteiger partial charge in [0, 0.05) is 31.1 Å². The standard InChI is InChI=1S/C18H15F2N3O/c1-23-8-7-21-17(23)16(12-5-3-2-4-6-12)22-18(24)13-9-14(19)11-15(20)10-13/h2-11,16H,1H3,(H,22,24)/t16-/m0/s1. The molecule has 0 aliphatic carbocycles. The number of aryl methyl sites for hydroxylation is 1. The molecule has 0 spiro atoms. The molecule has 0 aliphatic rings. The van der Waals surface area contributed by atoms with Crippen molar-refractivity contribution in [2.45, 2.75) is 6.04 Å². The van der Waals surface area contributed by atoms with E-state index in [4.69, 9.17) is 0 Å². The number of halogens is 2. The molecular weight excluding hydrogens is 312 g/mol. The van der Waals surface area contributed by atoms with Crippen molar-refractivity contribution in [2.75, 3.05) is 0 Å². The van der Waals surface area contributed by atoms with Crippen LogP contribution in [0, 0.1) is 11.6 Å². The molecule has 1 heterocycles. The van der Waals surface area contributed by atoms with Crippen LogP contribution in [-0.2, 0) is 7.05 Å². The fourth-order valence-corrected chi connectivity index (χ4v) is 2.50. The number of carbonyl (C=O) groups is 1. The minimum Gasteiger partial charge on any atom is -0.338 e. The van der Waals surface area contributed by atoms with Crippen LogP contribution in [-0.4, -0.2) is 15.5 Å². The summed E-state index contributed by atoms with van der Waals surface area (Å²) in [6, 6.07) is 11.4. The molecule has 1 amide bonds. The van der Waals surface area contributed by atoms with Crippen LogP contribution in [0.4, 0.5) is 8.78 Å². The smallest absolute Gasteiger partial charge is 0.252 e. The molecule has 24 heavy (non-hydrogen) atoms. The Balaban J connectivity index is 1.95. The predicted molar refractivity (Wildman–Crippen MR) is 85.3 cm³/mol. The van der Waals surface area contributed by atoms with Gasteiger partial charge in [0.25, 0.3) is 5.91 Å². The summed E-state index contributed by atoms with van der Waals surface area (Å²) in [6.07, 6.45) is 3.39. The molecule has 0 fully saturated rings. The van der Waals surface area contributed by atoms with Gasteiger partial charge in [0.2, 0.25) is 0 Å². The van der Waals surface area contributed by atoms with Gasteiger partial charge in [-0.2, -0.15) is 0 Å². The molecule has 3 aromatic rings. The Morgan fingerprint density at radius 3 is 2.38 bits per heavy atom. The zero-order valence-electron chi connectivity index (χ0n) is 12.9. The van der Waals surface area contributed by atoms with Crippen LogP contribution in [0.5, 0.6) is 0 Å². The highest BCUT2D eigenvalue weighted by Gasteiger charge is 2.21. The van der Waals surface area contributed by atoms with E-state index < -0.39 is 23.6 Å². The van der Waals surface area contributed by atoms with Gasteiger partial charge in [0.05, 0.1) is 0 Å². The number of hydrogen-bond donors (Lipinski definition) is 1. The number of hydrogen-bond acceptors (Lipinski definition) is 2. The molecule has 1 aromatic heterocycles. The Morgan fingerprint density at radius 1 is 1.12 bits per heavy atom. The number of imidazole rings is 1. The maximum absolute atomic E-state index is 13.3. The Labute approximate surface area is 137 Å². The number of amides is 1. The Kier molecular flexibility index (Phi) is 4.37. The van der Waals surface area contributed by atoms with Crippen molar-refractivity contribution in [3.63, 3.8) is 0 Å². The van der Waals surface area contributed by atoms with E-state index in [2.05, 4.69) is 10.3 Å². The van der Waals surface area contributed by atoms with Crippen molar-refractivity contribution in [3.05, 3.63) is 89.5 Å². The first-order valence-electron chi connectivity index (χ1n) is 7.34. The van der Waals surface area contributed by atoms with Crippen LogP contribution in [0.25, 0.3) is 0 Å². The van der Waals surface area contributed by atoms with E-state index in [1.165, 1.54) is 0 Å². The van der Waals surface area contributed by atoms with E-state index in [0.29, 0.717) is 5.82 Å². The third-order valence-corrected chi connectivity index (χ3v) is 3.65. The highest BCUT2D eigenvalue weighted by atomic mass is 19.1. The number of carbonyl (C=O) groups excluding carboxylic acids is 1. The van der Waals surface area contributed by atoms with E-state index in [1.807, 2.05) is 37.4 Å². The Bertz CT molecular complexity index is 841. The quantitative estimate of drug-likeness (QED) is 0.800. The lowest BCUT2D eigenvalue weighted by Crippen LogP contribution is -2.31. The summed E-state index contributed by atoms with van der Waals surface area (Å²) in [7, 11) is 1.81. The van der Waals surface area contributed by atoms with Crippen molar-refractivity contribution in [1.82, 2.24) is 14.9 Å². The second-order valence-corrected chi connectivity index (χ2v) is 5.37. The first-order chi connectivity index (χ1) is 11.5. The topological polar surface area (TPSA) is 46.9 Å². The van der Waals surface area contributed by atoms with E-state index in [-0.39, 0.29) is 5.56 Å². The predicted octanol–water partition coefficient (Wildman–Crippen LogP) is 3.22. The van der Waals surface area contributed by atoms with Crippen molar-refractivity contribution in [3.8, 4) is 0 Å². The monoisotopic (exact) mass is 327 g/mol. The zero-order chi connectivity index (χ0) is 17.1. The molecule has 0 unspecified atom stereocenters. The second-order valence-electron chi connectivity index (χ2n) is 5.37. The summed E-state index contributed by atoms with van der Waals surface area (Å²) in [6.45, 7) is 0. The summed E-state index contributed by atoms with van der Waals surface area (Å²) < 4.78 is 28.5. The number of aromatic nitrogens is 2. The zero-order valence-corrected chi connectivity index (χ0v) is 12.9. The van der Waals surface area contributed by atoms with Crippen LogP contribution < -0.4 is 5.32 Å².